The largest absolute Gasteiger partial charge is 0.473 e. The molecule has 0 bridgehead atoms. The molecule has 1 aliphatic carbocycles. The molecule has 0 saturated heterocycles. The van der Waals surface area contributed by atoms with Crippen molar-refractivity contribution < 1.29 is 9.53 Å². The van der Waals surface area contributed by atoms with Gasteiger partial charge < -0.3 is 4.74 Å². The predicted octanol–water partition coefficient (Wildman–Crippen LogP) is 4.25. The van der Waals surface area contributed by atoms with Crippen molar-refractivity contribution in [3.63, 3.8) is 0 Å². The monoisotopic (exact) mass is 296 g/mol. The third-order valence-corrected chi connectivity index (χ3v) is 4.49. The van der Waals surface area contributed by atoms with E-state index in [-0.39, 0.29) is 11.8 Å². The van der Waals surface area contributed by atoms with Gasteiger partial charge in [0.15, 0.2) is 0 Å². The number of hydrogen-bond donors (Lipinski definition) is 0. The summed E-state index contributed by atoms with van der Waals surface area (Å²) in [7, 11) is -1.10. The SMILES string of the molecule is [2H]P([B]C(=O)OCC1c2ccccc2-c2ccccc21)CC. The molecule has 0 aliphatic heterocycles. The van der Waals surface area contributed by atoms with Crippen molar-refractivity contribution in [1.29, 1.82) is 1.28 Å². The highest BCUT2D eigenvalue weighted by molar-refractivity contribution is 7.75. The van der Waals surface area contributed by atoms with E-state index < -0.39 is 8.40 Å². The van der Waals surface area contributed by atoms with Crippen molar-refractivity contribution in [2.75, 3.05) is 12.8 Å². The maximum atomic E-state index is 11.8. The van der Waals surface area contributed by atoms with E-state index in [2.05, 4.69) is 24.3 Å². The number of fused-ring (bicyclic) bond motifs is 3. The summed E-state index contributed by atoms with van der Waals surface area (Å²) < 4.78 is 13.1. The zero-order valence-corrected chi connectivity index (χ0v) is 12.8. The molecule has 0 heterocycles. The summed E-state index contributed by atoms with van der Waals surface area (Å²) in [4.78, 5) is 11.8. The van der Waals surface area contributed by atoms with Crippen molar-refractivity contribution >= 4 is 21.3 Å². The second-order valence-corrected chi connectivity index (χ2v) is 6.24. The molecular formula is C17H17BO2P. The molecule has 2 nitrogen and oxygen atoms in total. The summed E-state index contributed by atoms with van der Waals surface area (Å²) >= 11 is 0. The molecule has 105 valence electrons. The van der Waals surface area contributed by atoms with E-state index in [1.54, 1.807) is 0 Å². The molecule has 1 radical (unpaired) electrons. The van der Waals surface area contributed by atoms with Crippen LogP contribution >= 0.6 is 8.40 Å². The van der Waals surface area contributed by atoms with Gasteiger partial charge in [-0.25, -0.2) is 0 Å². The van der Waals surface area contributed by atoms with Gasteiger partial charge in [-0.05, 0) is 28.4 Å². The minimum atomic E-state index is -1.10. The van der Waals surface area contributed by atoms with Gasteiger partial charge in [-0.2, -0.15) is 0 Å². The van der Waals surface area contributed by atoms with E-state index in [4.69, 9.17) is 6.02 Å². The van der Waals surface area contributed by atoms with Crippen molar-refractivity contribution in [3.05, 3.63) is 59.7 Å². The molecule has 3 rings (SSSR count). The highest BCUT2D eigenvalue weighted by atomic mass is 31.1. The van der Waals surface area contributed by atoms with Gasteiger partial charge in [-0.15, -0.1) is 8.40 Å². The quantitative estimate of drug-likeness (QED) is 0.609. The first-order valence-corrected chi connectivity index (χ1v) is 8.31. The van der Waals surface area contributed by atoms with Gasteiger partial charge in [-0.1, -0.05) is 55.5 Å². The lowest BCUT2D eigenvalue weighted by molar-refractivity contribution is 0.169. The first-order chi connectivity index (χ1) is 10.7. The molecule has 1 aliphatic rings. The molecule has 0 amide bonds. The summed E-state index contributed by atoms with van der Waals surface area (Å²) in [5.41, 5.74) is 4.86. The Labute approximate surface area is 129 Å². The van der Waals surface area contributed by atoms with Crippen LogP contribution in [-0.2, 0) is 4.74 Å². The molecule has 2 aromatic carbocycles. The fourth-order valence-electron chi connectivity index (χ4n) is 2.81. The van der Waals surface area contributed by atoms with Crippen molar-refractivity contribution in [1.82, 2.24) is 0 Å². The smallest absolute Gasteiger partial charge is 0.291 e. The average Bonchev–Trinajstić information content (AvgIpc) is 2.87. The van der Waals surface area contributed by atoms with Gasteiger partial charge in [0.1, 0.15) is 6.61 Å². The lowest BCUT2D eigenvalue weighted by Gasteiger charge is -2.14. The van der Waals surface area contributed by atoms with Crippen LogP contribution in [-0.4, -0.2) is 26.9 Å². The Bertz CT molecular complexity index is 646. The standard InChI is InChI=1S/C17H17BO2P/c1-2-21-18-17(19)20-11-16-14-9-5-3-7-12(14)13-8-4-6-10-15(13)16/h3-10,16,21H,2,11H2,1H3/i21D. The van der Waals surface area contributed by atoms with Crippen LogP contribution in [0, 0.1) is 0 Å². The van der Waals surface area contributed by atoms with Crippen LogP contribution in [0.25, 0.3) is 11.1 Å². The summed E-state index contributed by atoms with van der Waals surface area (Å²) in [5.74, 6) is -0.284. The van der Waals surface area contributed by atoms with Crippen LogP contribution < -0.4 is 0 Å². The zero-order chi connectivity index (χ0) is 15.5. The maximum absolute atomic E-state index is 11.8. The highest BCUT2D eigenvalue weighted by Crippen LogP contribution is 2.44. The van der Waals surface area contributed by atoms with E-state index in [0.717, 1.165) is 0 Å². The van der Waals surface area contributed by atoms with E-state index in [9.17, 15) is 4.79 Å². The first kappa shape index (κ1) is 13.1. The number of hydrogen-bond acceptors (Lipinski definition) is 2. The Hall–Kier alpha value is -1.60. The molecule has 0 N–H and O–H groups in total. The van der Waals surface area contributed by atoms with Gasteiger partial charge >= 0.3 is 0 Å². The van der Waals surface area contributed by atoms with E-state index in [1.165, 1.54) is 29.3 Å². The van der Waals surface area contributed by atoms with Crippen LogP contribution in [0.1, 0.15) is 24.0 Å². The lowest BCUT2D eigenvalue weighted by atomic mass is 9.98. The van der Waals surface area contributed by atoms with Crippen molar-refractivity contribution in [2.45, 2.75) is 12.8 Å². The van der Waals surface area contributed by atoms with Gasteiger partial charge in [-0.3, -0.25) is 4.79 Å². The van der Waals surface area contributed by atoms with Gasteiger partial charge in [0.05, 0.1) is 0 Å². The molecule has 0 fully saturated rings. The zero-order valence-electron chi connectivity index (χ0n) is 13.0. The van der Waals surface area contributed by atoms with Crippen LogP contribution in [0.5, 0.6) is 0 Å². The summed E-state index contributed by atoms with van der Waals surface area (Å²) in [6, 6.07) is 16.5. The maximum Gasteiger partial charge on any atom is 0.291 e. The minimum Gasteiger partial charge on any atom is -0.473 e. The molecule has 4 heteroatoms. The fourth-order valence-corrected chi connectivity index (χ4v) is 3.21. The second kappa shape index (κ2) is 6.45. The number of ether oxygens (including phenoxy) is 1. The Morgan fingerprint density at radius 2 is 1.76 bits per heavy atom. The molecule has 21 heavy (non-hydrogen) atoms. The van der Waals surface area contributed by atoms with Crippen LogP contribution in [0.3, 0.4) is 0 Å². The Balaban J connectivity index is 1.78. The second-order valence-electron chi connectivity index (χ2n) is 4.99. The van der Waals surface area contributed by atoms with Crippen LogP contribution in [0.15, 0.2) is 48.5 Å². The Morgan fingerprint density at radius 3 is 2.33 bits per heavy atom. The fraction of sp³-hybridized carbons (Fsp3) is 0.235. The molecule has 1 unspecified atom stereocenters. The summed E-state index contributed by atoms with van der Waals surface area (Å²) in [5, 5.41) is 0. The number of carbonyl (C=O) groups excluding carboxylic acids is 1. The molecule has 0 saturated carbocycles. The topological polar surface area (TPSA) is 26.3 Å². The van der Waals surface area contributed by atoms with Gasteiger partial charge in [0.25, 0.3) is 12.9 Å². The first-order valence-electron chi connectivity index (χ1n) is 7.60. The van der Waals surface area contributed by atoms with Crippen LogP contribution in [0.4, 0.5) is 4.79 Å². The van der Waals surface area contributed by atoms with Gasteiger partial charge in [0.2, 0.25) is 0 Å². The third kappa shape index (κ3) is 2.89. The molecule has 0 aromatic heterocycles. The van der Waals surface area contributed by atoms with E-state index in [0.29, 0.717) is 12.8 Å². The minimum absolute atomic E-state index is 0.0864. The molecule has 1 atom stereocenters. The Kier molecular flexibility index (Phi) is 4.02. The van der Waals surface area contributed by atoms with Crippen LogP contribution in [0.2, 0.25) is 0 Å². The molecule has 0 spiro atoms. The van der Waals surface area contributed by atoms with Crippen molar-refractivity contribution in [3.8, 4) is 11.1 Å². The Morgan fingerprint density at radius 1 is 1.19 bits per heavy atom. The number of rotatable bonds is 5. The van der Waals surface area contributed by atoms with Crippen molar-refractivity contribution in [2.24, 2.45) is 0 Å². The third-order valence-electron chi connectivity index (χ3n) is 3.73. The van der Waals surface area contributed by atoms with Gasteiger partial charge in [0, 0.05) is 7.20 Å². The summed E-state index contributed by atoms with van der Waals surface area (Å²) in [6.07, 6.45) is 0.680. The predicted molar refractivity (Wildman–Crippen MR) is 89.7 cm³/mol. The lowest BCUT2D eigenvalue weighted by Crippen LogP contribution is -2.14. The number of benzene rings is 2. The highest BCUT2D eigenvalue weighted by Gasteiger charge is 2.28. The average molecular weight is 296 g/mol. The molecular weight excluding hydrogens is 278 g/mol. The normalized spacial score (nSPS) is 14.8. The van der Waals surface area contributed by atoms with E-state index in [1.807, 2.05) is 31.2 Å². The number of carbonyl (C=O) groups is 1. The molecule has 2 aromatic rings. The summed E-state index contributed by atoms with van der Waals surface area (Å²) in [6.45, 7) is 3.64. The van der Waals surface area contributed by atoms with E-state index >= 15 is 0 Å².